The highest BCUT2D eigenvalue weighted by molar-refractivity contribution is 6.34. The number of hydrogen-bond acceptors (Lipinski definition) is 2. The second-order valence-electron chi connectivity index (χ2n) is 9.87. The van der Waals surface area contributed by atoms with Crippen LogP contribution in [0.15, 0.2) is 48.7 Å². The Morgan fingerprint density at radius 1 is 1.03 bits per heavy atom. The molecule has 31 heavy (non-hydrogen) atoms. The van der Waals surface area contributed by atoms with E-state index in [0.717, 1.165) is 36.1 Å². The molecular formula is C25H27ClFN3O. The fourth-order valence-electron chi connectivity index (χ4n) is 5.53. The van der Waals surface area contributed by atoms with Gasteiger partial charge in [0.15, 0.2) is 0 Å². The summed E-state index contributed by atoms with van der Waals surface area (Å²) >= 11 is 6.52. The van der Waals surface area contributed by atoms with Crippen LogP contribution in [-0.4, -0.2) is 46.5 Å². The molecule has 0 bridgehead atoms. The van der Waals surface area contributed by atoms with Gasteiger partial charge in [-0.25, -0.2) is 4.39 Å². The Balaban J connectivity index is 1.34. The minimum Gasteiger partial charge on any atom is -0.351 e. The Kier molecular flexibility index (Phi) is 4.68. The van der Waals surface area contributed by atoms with Crippen molar-refractivity contribution in [1.82, 2.24) is 14.4 Å². The van der Waals surface area contributed by atoms with Crippen molar-refractivity contribution in [3.63, 3.8) is 0 Å². The van der Waals surface area contributed by atoms with Gasteiger partial charge >= 0.3 is 0 Å². The number of aromatic nitrogens is 1. The van der Waals surface area contributed by atoms with Crippen molar-refractivity contribution in [3.05, 3.63) is 70.6 Å². The number of nitrogens with zero attached hydrogens (tertiary/aromatic N) is 3. The molecule has 2 saturated heterocycles. The predicted molar refractivity (Wildman–Crippen MR) is 122 cm³/mol. The van der Waals surface area contributed by atoms with Crippen molar-refractivity contribution < 1.29 is 9.18 Å². The van der Waals surface area contributed by atoms with E-state index in [9.17, 15) is 9.18 Å². The van der Waals surface area contributed by atoms with Crippen LogP contribution in [0, 0.1) is 16.6 Å². The molecule has 0 radical (unpaired) electrons. The van der Waals surface area contributed by atoms with Crippen molar-refractivity contribution in [3.8, 4) is 0 Å². The number of likely N-dealkylation sites (tertiary alicyclic amines) is 2. The lowest BCUT2D eigenvalue weighted by atomic mass is 9.71. The van der Waals surface area contributed by atoms with Crippen LogP contribution in [0.1, 0.15) is 29.8 Å². The van der Waals surface area contributed by atoms with Crippen LogP contribution in [0.2, 0.25) is 5.02 Å². The number of hydrogen-bond donors (Lipinski definition) is 0. The fourth-order valence-corrected chi connectivity index (χ4v) is 5.77. The molecule has 0 unspecified atom stereocenters. The van der Waals surface area contributed by atoms with E-state index >= 15 is 0 Å². The molecule has 2 fully saturated rings. The molecule has 0 saturated carbocycles. The molecule has 2 aromatic carbocycles. The summed E-state index contributed by atoms with van der Waals surface area (Å²) in [5.74, 6) is -0.194. The van der Waals surface area contributed by atoms with Gasteiger partial charge in [0.1, 0.15) is 5.82 Å². The number of carbonyl (C=O) groups is 1. The van der Waals surface area contributed by atoms with Crippen molar-refractivity contribution in [2.24, 2.45) is 17.9 Å². The normalized spacial score (nSPS) is 26.0. The summed E-state index contributed by atoms with van der Waals surface area (Å²) in [6.07, 6.45) is 1.98. The zero-order valence-corrected chi connectivity index (χ0v) is 18.9. The first-order valence-corrected chi connectivity index (χ1v) is 11.1. The van der Waals surface area contributed by atoms with Crippen molar-refractivity contribution in [2.75, 3.05) is 26.2 Å². The summed E-state index contributed by atoms with van der Waals surface area (Å²) in [4.78, 5) is 17.8. The summed E-state index contributed by atoms with van der Waals surface area (Å²) < 4.78 is 15.2. The minimum atomic E-state index is -0.206. The standard InChI is InChI=1S/C25H27ClFN3O/c1-24-13-29(12-17-4-6-19(27)7-5-17)14-25(24,2)16-30(15-24)23(31)20-10-18-8-9-28(3)22(18)11-21(20)26/h4-11H,12-16H2,1-3H3/t24-,25+. The van der Waals surface area contributed by atoms with Crippen molar-refractivity contribution in [2.45, 2.75) is 20.4 Å². The molecule has 4 nitrogen and oxygen atoms in total. The van der Waals surface area contributed by atoms with Crippen LogP contribution < -0.4 is 0 Å². The third-order valence-electron chi connectivity index (χ3n) is 7.49. The van der Waals surface area contributed by atoms with Crippen LogP contribution in [0.25, 0.3) is 10.9 Å². The van der Waals surface area contributed by atoms with Gasteiger partial charge in [0, 0.05) is 67.7 Å². The number of aryl methyl sites for hydroxylation is 1. The monoisotopic (exact) mass is 439 g/mol. The highest BCUT2D eigenvalue weighted by atomic mass is 35.5. The quantitative estimate of drug-likeness (QED) is 0.577. The summed E-state index contributed by atoms with van der Waals surface area (Å²) in [6, 6.07) is 12.6. The van der Waals surface area contributed by atoms with Gasteiger partial charge in [0.25, 0.3) is 5.91 Å². The first-order chi connectivity index (χ1) is 14.7. The largest absolute Gasteiger partial charge is 0.351 e. The van der Waals surface area contributed by atoms with Crippen LogP contribution in [0.3, 0.4) is 0 Å². The summed E-state index contributed by atoms with van der Waals surface area (Å²) in [5.41, 5.74) is 2.73. The molecule has 0 aliphatic carbocycles. The number of rotatable bonds is 3. The smallest absolute Gasteiger partial charge is 0.255 e. The van der Waals surface area contributed by atoms with Crippen LogP contribution in [0.5, 0.6) is 0 Å². The summed E-state index contributed by atoms with van der Waals surface area (Å²) in [7, 11) is 1.97. The molecule has 2 aliphatic heterocycles. The van der Waals surface area contributed by atoms with E-state index < -0.39 is 0 Å². The number of halogens is 2. The summed E-state index contributed by atoms with van der Waals surface area (Å²) in [6.45, 7) is 8.62. The van der Waals surface area contributed by atoms with E-state index in [2.05, 4.69) is 18.7 Å². The maximum absolute atomic E-state index is 13.4. The van der Waals surface area contributed by atoms with E-state index in [1.54, 1.807) is 0 Å². The predicted octanol–water partition coefficient (Wildman–Crippen LogP) is 4.96. The van der Waals surface area contributed by atoms with E-state index in [1.165, 1.54) is 12.1 Å². The molecule has 2 aliphatic rings. The lowest BCUT2D eigenvalue weighted by Crippen LogP contribution is -2.35. The molecule has 0 N–H and O–H groups in total. The Morgan fingerprint density at radius 3 is 2.32 bits per heavy atom. The third kappa shape index (κ3) is 3.35. The SMILES string of the molecule is Cn1ccc2cc(C(=O)N3C[C@]4(C)CN(Cc5ccc(F)cc5)C[C@]4(C)C3)c(Cl)cc21. The topological polar surface area (TPSA) is 28.5 Å². The lowest BCUT2D eigenvalue weighted by Gasteiger charge is -2.30. The maximum Gasteiger partial charge on any atom is 0.255 e. The molecule has 3 aromatic rings. The van der Waals surface area contributed by atoms with Crippen LogP contribution >= 0.6 is 11.6 Å². The molecule has 0 spiro atoms. The lowest BCUT2D eigenvalue weighted by molar-refractivity contribution is 0.0757. The Bertz CT molecular complexity index is 1150. The molecule has 3 heterocycles. The van der Waals surface area contributed by atoms with E-state index in [-0.39, 0.29) is 22.6 Å². The summed E-state index contributed by atoms with van der Waals surface area (Å²) in [5, 5.41) is 1.53. The molecular weight excluding hydrogens is 413 g/mol. The third-order valence-corrected chi connectivity index (χ3v) is 7.81. The highest BCUT2D eigenvalue weighted by Gasteiger charge is 2.58. The molecule has 162 valence electrons. The van der Waals surface area contributed by atoms with Crippen LogP contribution in [-0.2, 0) is 13.6 Å². The average Bonchev–Trinajstić information content (AvgIpc) is 3.27. The van der Waals surface area contributed by atoms with Crippen molar-refractivity contribution >= 4 is 28.4 Å². The average molecular weight is 440 g/mol. The van der Waals surface area contributed by atoms with Gasteiger partial charge in [-0.15, -0.1) is 0 Å². The first kappa shape index (κ1) is 20.5. The van der Waals surface area contributed by atoms with Gasteiger partial charge in [0.05, 0.1) is 10.6 Å². The number of benzene rings is 2. The molecule has 6 heteroatoms. The maximum atomic E-state index is 13.4. The second-order valence-corrected chi connectivity index (χ2v) is 10.3. The van der Waals surface area contributed by atoms with Gasteiger partial charge < -0.3 is 9.47 Å². The fraction of sp³-hybridized carbons (Fsp3) is 0.400. The zero-order valence-electron chi connectivity index (χ0n) is 18.2. The van der Waals surface area contributed by atoms with Gasteiger partial charge in [0.2, 0.25) is 0 Å². The van der Waals surface area contributed by atoms with Crippen molar-refractivity contribution in [1.29, 1.82) is 0 Å². The minimum absolute atomic E-state index is 0.00597. The van der Waals surface area contributed by atoms with Gasteiger partial charge in [-0.3, -0.25) is 9.69 Å². The number of fused-ring (bicyclic) bond motifs is 2. The Hall–Kier alpha value is -2.37. The molecule has 1 aromatic heterocycles. The van der Waals surface area contributed by atoms with Gasteiger partial charge in [-0.2, -0.15) is 0 Å². The Morgan fingerprint density at radius 2 is 1.68 bits per heavy atom. The van der Waals surface area contributed by atoms with Gasteiger partial charge in [-0.1, -0.05) is 37.6 Å². The number of carbonyl (C=O) groups excluding carboxylic acids is 1. The highest BCUT2D eigenvalue weighted by Crippen LogP contribution is 2.52. The first-order valence-electron chi connectivity index (χ1n) is 10.7. The van der Waals surface area contributed by atoms with E-state index in [4.69, 9.17) is 11.6 Å². The van der Waals surface area contributed by atoms with Gasteiger partial charge in [-0.05, 0) is 35.9 Å². The number of amides is 1. The molecule has 5 rings (SSSR count). The van der Waals surface area contributed by atoms with E-state index in [1.807, 2.05) is 53.0 Å². The van der Waals surface area contributed by atoms with Crippen LogP contribution in [0.4, 0.5) is 4.39 Å². The Labute approximate surface area is 187 Å². The second kappa shape index (κ2) is 7.07. The molecule has 1 amide bonds. The molecule has 2 atom stereocenters. The van der Waals surface area contributed by atoms with E-state index in [0.29, 0.717) is 23.7 Å². The zero-order chi connectivity index (χ0) is 22.0.